The Labute approximate surface area is 114 Å². The molecule has 2 aromatic rings. The SMILES string of the molecule is CCc1nnc(C)cc1C(Cc1cnn(C)c1)NC. The smallest absolute Gasteiger partial charge is 0.0676 e. The second-order valence-corrected chi connectivity index (χ2v) is 4.81. The van der Waals surface area contributed by atoms with Gasteiger partial charge in [0, 0.05) is 19.3 Å². The van der Waals surface area contributed by atoms with Gasteiger partial charge >= 0.3 is 0 Å². The van der Waals surface area contributed by atoms with Gasteiger partial charge in [0.2, 0.25) is 0 Å². The summed E-state index contributed by atoms with van der Waals surface area (Å²) in [6.07, 6.45) is 5.77. The monoisotopic (exact) mass is 259 g/mol. The molecule has 1 unspecified atom stereocenters. The highest BCUT2D eigenvalue weighted by Gasteiger charge is 2.16. The Bertz CT molecular complexity index is 547. The molecule has 5 nitrogen and oxygen atoms in total. The molecule has 1 atom stereocenters. The van der Waals surface area contributed by atoms with Crippen molar-refractivity contribution < 1.29 is 0 Å². The zero-order valence-corrected chi connectivity index (χ0v) is 12.0. The van der Waals surface area contributed by atoms with Gasteiger partial charge in [-0.3, -0.25) is 4.68 Å². The summed E-state index contributed by atoms with van der Waals surface area (Å²) in [4.78, 5) is 0. The van der Waals surface area contributed by atoms with E-state index in [0.717, 1.165) is 24.2 Å². The van der Waals surface area contributed by atoms with Crippen molar-refractivity contribution in [3.63, 3.8) is 0 Å². The molecule has 5 heteroatoms. The first kappa shape index (κ1) is 13.7. The zero-order valence-electron chi connectivity index (χ0n) is 12.0. The van der Waals surface area contributed by atoms with E-state index in [0.29, 0.717) is 0 Å². The van der Waals surface area contributed by atoms with E-state index in [1.807, 2.05) is 31.9 Å². The molecule has 0 saturated carbocycles. The maximum Gasteiger partial charge on any atom is 0.0676 e. The number of hydrogen-bond donors (Lipinski definition) is 1. The van der Waals surface area contributed by atoms with E-state index in [1.165, 1.54) is 11.1 Å². The lowest BCUT2D eigenvalue weighted by atomic mass is 9.98. The lowest BCUT2D eigenvalue weighted by Crippen LogP contribution is -2.21. The fourth-order valence-electron chi connectivity index (χ4n) is 2.29. The molecule has 0 saturated heterocycles. The molecule has 0 aliphatic carbocycles. The van der Waals surface area contributed by atoms with Crippen LogP contribution in [0.3, 0.4) is 0 Å². The summed E-state index contributed by atoms with van der Waals surface area (Å²) in [6, 6.07) is 2.37. The van der Waals surface area contributed by atoms with Crippen LogP contribution in [0.2, 0.25) is 0 Å². The van der Waals surface area contributed by atoms with Gasteiger partial charge in [0.05, 0.1) is 17.6 Å². The highest BCUT2D eigenvalue weighted by molar-refractivity contribution is 5.26. The maximum atomic E-state index is 4.30. The predicted octanol–water partition coefficient (Wildman–Crippen LogP) is 1.58. The molecular formula is C14H21N5. The Morgan fingerprint density at radius 1 is 1.37 bits per heavy atom. The van der Waals surface area contributed by atoms with Crippen molar-refractivity contribution in [1.29, 1.82) is 0 Å². The maximum absolute atomic E-state index is 4.30. The largest absolute Gasteiger partial charge is 0.313 e. The number of hydrogen-bond acceptors (Lipinski definition) is 4. The summed E-state index contributed by atoms with van der Waals surface area (Å²) in [5.74, 6) is 0. The molecule has 0 amide bonds. The quantitative estimate of drug-likeness (QED) is 0.886. The van der Waals surface area contributed by atoms with Crippen LogP contribution in [-0.4, -0.2) is 27.0 Å². The van der Waals surface area contributed by atoms with Crippen LogP contribution in [0, 0.1) is 6.92 Å². The van der Waals surface area contributed by atoms with Crippen LogP contribution in [0.4, 0.5) is 0 Å². The van der Waals surface area contributed by atoms with Crippen LogP contribution >= 0.6 is 0 Å². The topological polar surface area (TPSA) is 55.6 Å². The Morgan fingerprint density at radius 2 is 2.16 bits per heavy atom. The fraction of sp³-hybridized carbons (Fsp3) is 0.500. The van der Waals surface area contributed by atoms with Gasteiger partial charge in [-0.25, -0.2) is 0 Å². The van der Waals surface area contributed by atoms with E-state index in [9.17, 15) is 0 Å². The van der Waals surface area contributed by atoms with Crippen LogP contribution in [0.25, 0.3) is 0 Å². The third kappa shape index (κ3) is 3.17. The van der Waals surface area contributed by atoms with E-state index >= 15 is 0 Å². The van der Waals surface area contributed by atoms with Gasteiger partial charge in [-0.2, -0.15) is 15.3 Å². The first-order valence-electron chi connectivity index (χ1n) is 6.62. The molecule has 0 aromatic carbocycles. The van der Waals surface area contributed by atoms with Crippen LogP contribution in [-0.2, 0) is 19.9 Å². The molecule has 0 aliphatic rings. The van der Waals surface area contributed by atoms with Crippen molar-refractivity contribution in [2.75, 3.05) is 7.05 Å². The van der Waals surface area contributed by atoms with Gasteiger partial charge in [0.1, 0.15) is 0 Å². The standard InChI is InChI=1S/C14H21N5/c1-5-13-12(6-10(2)17-18-13)14(15-3)7-11-8-16-19(4)9-11/h6,8-9,14-15H,5,7H2,1-4H3. The molecule has 0 spiro atoms. The Morgan fingerprint density at radius 3 is 2.74 bits per heavy atom. The first-order chi connectivity index (χ1) is 9.13. The van der Waals surface area contributed by atoms with Crippen LogP contribution in [0.1, 0.15) is 35.5 Å². The Balaban J connectivity index is 2.28. The minimum absolute atomic E-state index is 0.244. The number of likely N-dealkylation sites (N-methyl/N-ethyl adjacent to an activating group) is 1. The van der Waals surface area contributed by atoms with Gasteiger partial charge < -0.3 is 5.32 Å². The highest BCUT2D eigenvalue weighted by atomic mass is 15.2. The molecule has 2 rings (SSSR count). The Kier molecular flexibility index (Phi) is 4.27. The molecule has 0 radical (unpaired) electrons. The zero-order chi connectivity index (χ0) is 13.8. The second-order valence-electron chi connectivity index (χ2n) is 4.81. The number of nitrogens with zero attached hydrogens (tertiary/aromatic N) is 4. The van der Waals surface area contributed by atoms with Crippen molar-refractivity contribution in [3.05, 3.63) is 41.0 Å². The van der Waals surface area contributed by atoms with Crippen molar-refractivity contribution >= 4 is 0 Å². The van der Waals surface area contributed by atoms with Crippen molar-refractivity contribution in [1.82, 2.24) is 25.3 Å². The van der Waals surface area contributed by atoms with Gasteiger partial charge in [-0.15, -0.1) is 0 Å². The molecule has 102 valence electrons. The summed E-state index contributed by atoms with van der Waals surface area (Å²) < 4.78 is 1.83. The molecule has 0 fully saturated rings. The molecule has 0 aliphatic heterocycles. The van der Waals surface area contributed by atoms with E-state index in [1.54, 1.807) is 0 Å². The average Bonchev–Trinajstić information content (AvgIpc) is 2.81. The second kappa shape index (κ2) is 5.93. The van der Waals surface area contributed by atoms with Gasteiger partial charge in [-0.05, 0) is 44.0 Å². The van der Waals surface area contributed by atoms with Crippen molar-refractivity contribution in [2.45, 2.75) is 32.7 Å². The summed E-state index contributed by atoms with van der Waals surface area (Å²) in [5.41, 5.74) is 4.48. The van der Waals surface area contributed by atoms with Crippen LogP contribution in [0.5, 0.6) is 0 Å². The van der Waals surface area contributed by atoms with Crippen LogP contribution in [0.15, 0.2) is 18.5 Å². The molecule has 19 heavy (non-hydrogen) atoms. The van der Waals surface area contributed by atoms with E-state index in [4.69, 9.17) is 0 Å². The lowest BCUT2D eigenvalue weighted by Gasteiger charge is -2.18. The fourth-order valence-corrected chi connectivity index (χ4v) is 2.29. The highest BCUT2D eigenvalue weighted by Crippen LogP contribution is 2.21. The molecular weight excluding hydrogens is 238 g/mol. The van der Waals surface area contributed by atoms with E-state index in [2.05, 4.69) is 39.8 Å². The Hall–Kier alpha value is -1.75. The number of rotatable bonds is 5. The summed E-state index contributed by atoms with van der Waals surface area (Å²) >= 11 is 0. The van der Waals surface area contributed by atoms with Gasteiger partial charge in [0.15, 0.2) is 0 Å². The third-order valence-corrected chi connectivity index (χ3v) is 3.28. The lowest BCUT2D eigenvalue weighted by molar-refractivity contribution is 0.578. The van der Waals surface area contributed by atoms with E-state index < -0.39 is 0 Å². The number of aromatic nitrogens is 4. The minimum Gasteiger partial charge on any atom is -0.313 e. The van der Waals surface area contributed by atoms with Crippen LogP contribution < -0.4 is 5.32 Å². The predicted molar refractivity (Wildman–Crippen MR) is 74.9 cm³/mol. The normalized spacial score (nSPS) is 12.6. The number of aryl methyl sites for hydroxylation is 3. The first-order valence-corrected chi connectivity index (χ1v) is 6.62. The molecule has 1 N–H and O–H groups in total. The van der Waals surface area contributed by atoms with Crippen molar-refractivity contribution in [2.24, 2.45) is 7.05 Å². The average molecular weight is 259 g/mol. The van der Waals surface area contributed by atoms with Gasteiger partial charge in [0.25, 0.3) is 0 Å². The third-order valence-electron chi connectivity index (χ3n) is 3.28. The number of nitrogens with one attached hydrogen (secondary N) is 1. The molecule has 2 heterocycles. The summed E-state index contributed by atoms with van der Waals surface area (Å²) in [6.45, 7) is 4.09. The molecule has 0 bridgehead atoms. The minimum atomic E-state index is 0.244. The van der Waals surface area contributed by atoms with Gasteiger partial charge in [-0.1, -0.05) is 6.92 Å². The summed E-state index contributed by atoms with van der Waals surface area (Å²) in [5, 5.41) is 16.0. The molecule has 2 aromatic heterocycles. The van der Waals surface area contributed by atoms with E-state index in [-0.39, 0.29) is 6.04 Å². The summed E-state index contributed by atoms with van der Waals surface area (Å²) in [7, 11) is 3.92. The van der Waals surface area contributed by atoms with Crippen molar-refractivity contribution in [3.8, 4) is 0 Å².